The number of anilines is 1. The molecular weight excluding hydrogens is 562 g/mol. The maximum atomic E-state index is 13.9. The average Bonchev–Trinajstić information content (AvgIpc) is 3.06. The van der Waals surface area contributed by atoms with Crippen LogP contribution in [0.4, 0.5) is 5.69 Å². The Labute approximate surface area is 248 Å². The highest BCUT2D eigenvalue weighted by Gasteiger charge is 2.47. The standard InChI is InChI=1S/C30H47N3O8S/c1-6-8-14-30(7-2)18-42(40,41)23-12-11-20(33(4)5)15-21(23)27(32-30)29(3)13-9-10-19(16-29)31-28(39)26(38)25(37)24(36)22(35)17-34/h9-13,15,22,24-27,32,34-38H,6-8,14,16-18H2,1-5H3,(H,31,39)/t22-,24-,25+,26-,27-,29?,30+/m1/s1. The van der Waals surface area contributed by atoms with E-state index in [1.54, 1.807) is 24.3 Å². The molecule has 3 rings (SSSR count). The molecule has 1 aromatic rings. The Balaban J connectivity index is 2.01. The second-order valence-electron chi connectivity index (χ2n) is 12.1. The van der Waals surface area contributed by atoms with Gasteiger partial charge >= 0.3 is 0 Å². The number of benzene rings is 1. The van der Waals surface area contributed by atoms with Crippen molar-refractivity contribution in [3.63, 3.8) is 0 Å². The van der Waals surface area contributed by atoms with Gasteiger partial charge in [0.15, 0.2) is 15.9 Å². The number of rotatable bonds is 12. The Morgan fingerprint density at radius 3 is 2.45 bits per heavy atom. The molecule has 12 heteroatoms. The summed E-state index contributed by atoms with van der Waals surface area (Å²) in [4.78, 5) is 15.0. The van der Waals surface area contributed by atoms with Crippen LogP contribution in [0.1, 0.15) is 64.5 Å². The molecule has 1 aliphatic heterocycles. The molecule has 2 aliphatic rings. The predicted molar refractivity (Wildman–Crippen MR) is 160 cm³/mol. The van der Waals surface area contributed by atoms with Gasteiger partial charge in [0.05, 0.1) is 17.3 Å². The number of carbonyl (C=O) groups excluding carboxylic acids is 1. The number of fused-ring (bicyclic) bond motifs is 1. The average molecular weight is 610 g/mol. The third-order valence-corrected chi connectivity index (χ3v) is 10.5. The summed E-state index contributed by atoms with van der Waals surface area (Å²) in [7, 11) is 0.129. The Morgan fingerprint density at radius 2 is 1.86 bits per heavy atom. The Bertz CT molecular complexity index is 1280. The summed E-state index contributed by atoms with van der Waals surface area (Å²) in [6.07, 6.45) is 0.927. The first kappa shape index (κ1) is 34.2. The van der Waals surface area contributed by atoms with E-state index >= 15 is 0 Å². The van der Waals surface area contributed by atoms with Crippen molar-refractivity contribution in [2.75, 3.05) is 31.4 Å². The highest BCUT2D eigenvalue weighted by Crippen LogP contribution is 2.48. The van der Waals surface area contributed by atoms with Gasteiger partial charge < -0.3 is 41.1 Å². The summed E-state index contributed by atoms with van der Waals surface area (Å²) in [6.45, 7) is 5.19. The van der Waals surface area contributed by atoms with Gasteiger partial charge in [0, 0.05) is 42.5 Å². The van der Waals surface area contributed by atoms with E-state index in [4.69, 9.17) is 5.11 Å². The smallest absolute Gasteiger partial charge is 0.255 e. The number of nitrogens with zero attached hydrogens (tertiary/aromatic N) is 1. The molecule has 1 aromatic carbocycles. The lowest BCUT2D eigenvalue weighted by molar-refractivity contribution is -0.148. The molecule has 0 aromatic heterocycles. The second-order valence-corrected chi connectivity index (χ2v) is 14.0. The minimum absolute atomic E-state index is 0.0351. The molecular formula is C30H47N3O8S. The van der Waals surface area contributed by atoms with Crippen LogP contribution in [0.5, 0.6) is 0 Å². The van der Waals surface area contributed by atoms with Crippen molar-refractivity contribution in [2.24, 2.45) is 5.41 Å². The fourth-order valence-electron chi connectivity index (χ4n) is 5.86. The molecule has 1 unspecified atom stereocenters. The van der Waals surface area contributed by atoms with Crippen LogP contribution in [0.25, 0.3) is 0 Å². The summed E-state index contributed by atoms with van der Waals surface area (Å²) in [5, 5.41) is 55.5. The predicted octanol–water partition coefficient (Wildman–Crippen LogP) is 0.912. The number of hydrogen-bond acceptors (Lipinski definition) is 10. The van der Waals surface area contributed by atoms with Crippen LogP contribution in [0.2, 0.25) is 0 Å². The molecule has 0 fully saturated rings. The van der Waals surface area contributed by atoms with Crippen LogP contribution in [-0.4, -0.2) is 96.3 Å². The van der Waals surface area contributed by atoms with Crippen molar-refractivity contribution in [3.8, 4) is 0 Å². The van der Waals surface area contributed by atoms with Crippen LogP contribution in [-0.2, 0) is 14.6 Å². The summed E-state index contributed by atoms with van der Waals surface area (Å²) in [5.41, 5.74) is 0.510. The second kappa shape index (κ2) is 13.5. The van der Waals surface area contributed by atoms with Gasteiger partial charge in [0.1, 0.15) is 18.3 Å². The zero-order chi connectivity index (χ0) is 31.5. The van der Waals surface area contributed by atoms with Gasteiger partial charge in [-0.2, -0.15) is 0 Å². The molecule has 236 valence electrons. The third-order valence-electron chi connectivity index (χ3n) is 8.57. The maximum Gasteiger partial charge on any atom is 0.255 e. The summed E-state index contributed by atoms with van der Waals surface area (Å²) in [6, 6.07) is 4.92. The van der Waals surface area contributed by atoms with Gasteiger partial charge in [-0.15, -0.1) is 0 Å². The van der Waals surface area contributed by atoms with Gasteiger partial charge in [-0.1, -0.05) is 45.8 Å². The van der Waals surface area contributed by atoms with Crippen molar-refractivity contribution < 1.29 is 38.7 Å². The van der Waals surface area contributed by atoms with Gasteiger partial charge in [0.25, 0.3) is 5.91 Å². The van der Waals surface area contributed by atoms with Crippen molar-refractivity contribution in [1.29, 1.82) is 0 Å². The van der Waals surface area contributed by atoms with Gasteiger partial charge in [-0.3, -0.25) is 4.79 Å². The zero-order valence-corrected chi connectivity index (χ0v) is 25.9. The van der Waals surface area contributed by atoms with E-state index in [0.717, 1.165) is 18.5 Å². The first-order valence-corrected chi connectivity index (χ1v) is 16.1. The summed E-state index contributed by atoms with van der Waals surface area (Å²) >= 11 is 0. The van der Waals surface area contributed by atoms with Crippen molar-refractivity contribution in [1.82, 2.24) is 10.6 Å². The number of allylic oxidation sites excluding steroid dienone is 3. The molecule has 0 saturated carbocycles. The zero-order valence-electron chi connectivity index (χ0n) is 25.1. The Morgan fingerprint density at radius 1 is 1.17 bits per heavy atom. The molecule has 0 radical (unpaired) electrons. The molecule has 11 nitrogen and oxygen atoms in total. The van der Waals surface area contributed by atoms with E-state index in [0.29, 0.717) is 24.1 Å². The number of hydrogen-bond donors (Lipinski definition) is 7. The van der Waals surface area contributed by atoms with Crippen molar-refractivity contribution >= 4 is 21.4 Å². The normalized spacial score (nSPS) is 28.0. The van der Waals surface area contributed by atoms with Crippen molar-refractivity contribution in [2.45, 2.75) is 93.8 Å². The van der Waals surface area contributed by atoms with Gasteiger partial charge in [-0.25, -0.2) is 8.42 Å². The number of nitrogens with one attached hydrogen (secondary N) is 2. The highest BCUT2D eigenvalue weighted by atomic mass is 32.2. The molecule has 42 heavy (non-hydrogen) atoms. The van der Waals surface area contributed by atoms with Crippen LogP contribution in [0.3, 0.4) is 0 Å². The van der Waals surface area contributed by atoms with E-state index < -0.39 is 63.8 Å². The Hall–Kier alpha value is -2.32. The number of sulfone groups is 1. The lowest BCUT2D eigenvalue weighted by atomic mass is 9.71. The molecule has 0 bridgehead atoms. The number of amides is 1. The number of unbranched alkanes of at least 4 members (excludes halogenated alkanes) is 1. The number of aliphatic hydroxyl groups is 5. The summed E-state index contributed by atoms with van der Waals surface area (Å²) in [5.74, 6) is -1.03. The molecule has 1 amide bonds. The molecule has 1 heterocycles. The first-order chi connectivity index (χ1) is 19.6. The fourth-order valence-corrected chi connectivity index (χ4v) is 7.98. The molecule has 7 atom stereocenters. The van der Waals surface area contributed by atoms with Crippen LogP contribution < -0.4 is 15.5 Å². The minimum atomic E-state index is -3.65. The quantitative estimate of drug-likeness (QED) is 0.180. The lowest BCUT2D eigenvalue weighted by Gasteiger charge is -2.44. The lowest BCUT2D eigenvalue weighted by Crippen LogP contribution is -2.53. The number of carbonyl (C=O) groups is 1. The fraction of sp³-hybridized carbons (Fsp3) is 0.633. The summed E-state index contributed by atoms with van der Waals surface area (Å²) < 4.78 is 27.7. The largest absolute Gasteiger partial charge is 0.394 e. The van der Waals surface area contributed by atoms with Crippen LogP contribution in [0.15, 0.2) is 47.0 Å². The van der Waals surface area contributed by atoms with Gasteiger partial charge in [-0.05, 0) is 49.1 Å². The third kappa shape index (κ3) is 7.24. The minimum Gasteiger partial charge on any atom is -0.394 e. The molecule has 0 spiro atoms. The van der Waals surface area contributed by atoms with E-state index in [1.165, 1.54) is 0 Å². The van der Waals surface area contributed by atoms with Crippen LogP contribution in [0, 0.1) is 5.41 Å². The van der Waals surface area contributed by atoms with E-state index in [2.05, 4.69) is 17.6 Å². The highest BCUT2D eigenvalue weighted by molar-refractivity contribution is 7.91. The molecule has 0 saturated heterocycles. The molecule has 7 N–H and O–H groups in total. The SMILES string of the molecule is CCCC[C@@]1(CC)CS(=O)(=O)c2ccc(N(C)C)cc2[C@H](C2(C)C=CC=C(NC(=O)[C@H](O)[C@@H](O)[C@H](O)[C@H](O)CO)C2)N1. The first-order valence-electron chi connectivity index (χ1n) is 14.5. The number of aliphatic hydroxyl groups excluding tert-OH is 5. The van der Waals surface area contributed by atoms with E-state index in [9.17, 15) is 33.6 Å². The van der Waals surface area contributed by atoms with Gasteiger partial charge in [0.2, 0.25) is 0 Å². The monoisotopic (exact) mass is 609 g/mol. The van der Waals surface area contributed by atoms with E-state index in [1.807, 2.05) is 45.0 Å². The Kier molecular flexibility index (Phi) is 11.0. The van der Waals surface area contributed by atoms with E-state index in [-0.39, 0.29) is 17.1 Å². The molecule has 1 aliphatic carbocycles. The maximum absolute atomic E-state index is 13.9. The van der Waals surface area contributed by atoms with Crippen molar-refractivity contribution in [3.05, 3.63) is 47.7 Å². The topological polar surface area (TPSA) is 180 Å². The van der Waals surface area contributed by atoms with Crippen LogP contribution >= 0.6 is 0 Å².